The predicted molar refractivity (Wildman–Crippen MR) is 114 cm³/mol. The van der Waals surface area contributed by atoms with Gasteiger partial charge in [-0.3, -0.25) is 9.59 Å². The van der Waals surface area contributed by atoms with Crippen LogP contribution >= 0.6 is 0 Å². The molecule has 1 N–H and O–H groups in total. The standard InChI is InChI=1S/C24H22F3N3O2/c25-24(26,27)19-7-3-18(4-8-19)23(32)30-15-11-20(12-16-30)28-22(31)17-5-9-21(10-6-17)29-13-1-2-14-29/h1-10,13-14,20H,11-12,15-16H2,(H,28,31). The van der Waals surface area contributed by atoms with Crippen molar-refractivity contribution in [1.29, 1.82) is 0 Å². The second kappa shape index (κ2) is 8.90. The number of halogens is 3. The summed E-state index contributed by atoms with van der Waals surface area (Å²) in [5.74, 6) is -0.472. The molecule has 1 aliphatic rings. The molecule has 0 unspecified atom stereocenters. The number of carbonyl (C=O) groups is 2. The lowest BCUT2D eigenvalue weighted by Crippen LogP contribution is -2.46. The average molecular weight is 441 g/mol. The molecular weight excluding hydrogens is 419 g/mol. The van der Waals surface area contributed by atoms with Crippen LogP contribution in [0.2, 0.25) is 0 Å². The van der Waals surface area contributed by atoms with Crippen LogP contribution in [0.1, 0.15) is 39.1 Å². The number of hydrogen-bond donors (Lipinski definition) is 1. The van der Waals surface area contributed by atoms with Gasteiger partial charge >= 0.3 is 6.18 Å². The molecule has 2 heterocycles. The van der Waals surface area contributed by atoms with E-state index in [9.17, 15) is 22.8 Å². The SMILES string of the molecule is O=C(NC1CCN(C(=O)c2ccc(C(F)(F)F)cc2)CC1)c1ccc(-n2cccc2)cc1. The molecule has 1 saturated heterocycles. The highest BCUT2D eigenvalue weighted by molar-refractivity contribution is 5.95. The molecule has 5 nitrogen and oxygen atoms in total. The molecule has 3 aromatic rings. The minimum absolute atomic E-state index is 0.0664. The van der Waals surface area contributed by atoms with Gasteiger partial charge in [0, 0.05) is 48.3 Å². The lowest BCUT2D eigenvalue weighted by Gasteiger charge is -2.32. The number of piperidine rings is 1. The molecule has 0 spiro atoms. The summed E-state index contributed by atoms with van der Waals surface area (Å²) in [5, 5.41) is 3.00. The molecule has 1 aromatic heterocycles. The number of benzene rings is 2. The summed E-state index contributed by atoms with van der Waals surface area (Å²) in [6.07, 6.45) is 0.587. The molecule has 2 amide bonds. The van der Waals surface area contributed by atoms with E-state index in [4.69, 9.17) is 0 Å². The first kappa shape index (κ1) is 21.7. The second-order valence-corrected chi connectivity index (χ2v) is 7.75. The van der Waals surface area contributed by atoms with Crippen LogP contribution in [0.5, 0.6) is 0 Å². The van der Waals surface area contributed by atoms with Gasteiger partial charge in [0.05, 0.1) is 5.56 Å². The van der Waals surface area contributed by atoms with Gasteiger partial charge in [-0.05, 0) is 73.5 Å². The summed E-state index contributed by atoms with van der Waals surface area (Å²) in [6.45, 7) is 0.856. The summed E-state index contributed by atoms with van der Waals surface area (Å²) in [4.78, 5) is 26.8. The molecular formula is C24H22F3N3O2. The second-order valence-electron chi connectivity index (χ2n) is 7.75. The van der Waals surface area contributed by atoms with E-state index < -0.39 is 11.7 Å². The molecule has 32 heavy (non-hydrogen) atoms. The van der Waals surface area contributed by atoms with E-state index in [1.54, 1.807) is 17.0 Å². The lowest BCUT2D eigenvalue weighted by atomic mass is 10.0. The number of rotatable bonds is 4. The zero-order valence-electron chi connectivity index (χ0n) is 17.2. The van der Waals surface area contributed by atoms with Crippen LogP contribution in [0.25, 0.3) is 5.69 Å². The Morgan fingerprint density at radius 3 is 1.97 bits per heavy atom. The predicted octanol–water partition coefficient (Wildman–Crippen LogP) is 4.53. The quantitative estimate of drug-likeness (QED) is 0.647. The van der Waals surface area contributed by atoms with E-state index in [1.807, 2.05) is 41.2 Å². The van der Waals surface area contributed by atoms with Crippen LogP contribution in [0.3, 0.4) is 0 Å². The Bertz CT molecular complexity index is 1070. The van der Waals surface area contributed by atoms with Crippen LogP contribution in [0.15, 0.2) is 73.1 Å². The average Bonchev–Trinajstić information content (AvgIpc) is 3.34. The van der Waals surface area contributed by atoms with Crippen molar-refractivity contribution in [3.05, 3.63) is 89.7 Å². The minimum atomic E-state index is -4.43. The molecule has 0 bridgehead atoms. The summed E-state index contributed by atoms with van der Waals surface area (Å²) in [7, 11) is 0. The minimum Gasteiger partial charge on any atom is -0.349 e. The van der Waals surface area contributed by atoms with E-state index in [-0.39, 0.29) is 23.4 Å². The number of aromatic nitrogens is 1. The first-order valence-corrected chi connectivity index (χ1v) is 10.3. The van der Waals surface area contributed by atoms with Crippen molar-refractivity contribution < 1.29 is 22.8 Å². The smallest absolute Gasteiger partial charge is 0.349 e. The van der Waals surface area contributed by atoms with Gasteiger partial charge in [-0.15, -0.1) is 0 Å². The summed E-state index contributed by atoms with van der Waals surface area (Å²) in [5.41, 5.74) is 0.964. The molecule has 166 valence electrons. The van der Waals surface area contributed by atoms with Gasteiger partial charge in [0.1, 0.15) is 0 Å². The highest BCUT2D eigenvalue weighted by Gasteiger charge is 2.31. The zero-order valence-corrected chi connectivity index (χ0v) is 17.2. The largest absolute Gasteiger partial charge is 0.416 e. The summed E-state index contributed by atoms with van der Waals surface area (Å²) < 4.78 is 40.0. The maximum atomic E-state index is 12.7. The van der Waals surface area contributed by atoms with Crippen molar-refractivity contribution >= 4 is 11.8 Å². The highest BCUT2D eigenvalue weighted by Crippen LogP contribution is 2.29. The fourth-order valence-corrected chi connectivity index (χ4v) is 3.77. The van der Waals surface area contributed by atoms with Gasteiger partial charge in [-0.25, -0.2) is 0 Å². The van der Waals surface area contributed by atoms with Crippen molar-refractivity contribution in [2.24, 2.45) is 0 Å². The highest BCUT2D eigenvalue weighted by atomic mass is 19.4. The van der Waals surface area contributed by atoms with Gasteiger partial charge in [0.15, 0.2) is 0 Å². The topological polar surface area (TPSA) is 54.3 Å². The third-order valence-electron chi connectivity index (χ3n) is 5.61. The Morgan fingerprint density at radius 2 is 1.41 bits per heavy atom. The molecule has 4 rings (SSSR count). The number of nitrogens with one attached hydrogen (secondary N) is 1. The van der Waals surface area contributed by atoms with Crippen LogP contribution in [-0.4, -0.2) is 40.4 Å². The van der Waals surface area contributed by atoms with E-state index in [0.29, 0.717) is 31.5 Å². The van der Waals surface area contributed by atoms with Gasteiger partial charge in [0.25, 0.3) is 11.8 Å². The van der Waals surface area contributed by atoms with E-state index in [2.05, 4.69) is 5.32 Å². The molecule has 8 heteroatoms. The maximum absolute atomic E-state index is 12.7. The molecule has 1 aliphatic heterocycles. The number of alkyl halides is 3. The van der Waals surface area contributed by atoms with Crippen LogP contribution < -0.4 is 5.32 Å². The summed E-state index contributed by atoms with van der Waals surface area (Å²) in [6, 6.07) is 15.3. The van der Waals surface area contributed by atoms with Crippen molar-refractivity contribution in [2.75, 3.05) is 13.1 Å². The Balaban J connectivity index is 1.30. The number of carbonyl (C=O) groups excluding carboxylic acids is 2. The Morgan fingerprint density at radius 1 is 0.844 bits per heavy atom. The zero-order chi connectivity index (χ0) is 22.7. The third-order valence-corrected chi connectivity index (χ3v) is 5.61. The molecule has 0 saturated carbocycles. The Hall–Kier alpha value is -3.55. The van der Waals surface area contributed by atoms with Crippen LogP contribution in [-0.2, 0) is 6.18 Å². The van der Waals surface area contributed by atoms with Gasteiger partial charge in [-0.1, -0.05) is 0 Å². The lowest BCUT2D eigenvalue weighted by molar-refractivity contribution is -0.137. The van der Waals surface area contributed by atoms with E-state index in [1.165, 1.54) is 12.1 Å². The Kier molecular flexibility index (Phi) is 6.03. The molecule has 0 aliphatic carbocycles. The number of nitrogens with zero attached hydrogens (tertiary/aromatic N) is 2. The summed E-state index contributed by atoms with van der Waals surface area (Å²) >= 11 is 0. The first-order valence-electron chi connectivity index (χ1n) is 10.3. The van der Waals surface area contributed by atoms with Crippen molar-refractivity contribution in [3.8, 4) is 5.69 Å². The first-order chi connectivity index (χ1) is 15.3. The number of hydrogen-bond acceptors (Lipinski definition) is 2. The van der Waals surface area contributed by atoms with Crippen molar-refractivity contribution in [1.82, 2.24) is 14.8 Å². The van der Waals surface area contributed by atoms with Gasteiger partial charge < -0.3 is 14.8 Å². The monoisotopic (exact) mass is 441 g/mol. The molecule has 1 fully saturated rings. The van der Waals surface area contributed by atoms with Gasteiger partial charge in [0.2, 0.25) is 0 Å². The van der Waals surface area contributed by atoms with Crippen LogP contribution in [0.4, 0.5) is 13.2 Å². The maximum Gasteiger partial charge on any atom is 0.416 e. The van der Waals surface area contributed by atoms with E-state index in [0.717, 1.165) is 17.8 Å². The Labute approximate surface area is 183 Å². The number of likely N-dealkylation sites (tertiary alicyclic amines) is 1. The van der Waals surface area contributed by atoms with Crippen molar-refractivity contribution in [2.45, 2.75) is 25.1 Å². The van der Waals surface area contributed by atoms with Gasteiger partial charge in [-0.2, -0.15) is 13.2 Å². The van der Waals surface area contributed by atoms with E-state index >= 15 is 0 Å². The number of amides is 2. The molecule has 0 atom stereocenters. The van der Waals surface area contributed by atoms with Crippen LogP contribution in [0, 0.1) is 0 Å². The third kappa shape index (κ3) is 4.85. The van der Waals surface area contributed by atoms with Crippen molar-refractivity contribution in [3.63, 3.8) is 0 Å². The molecule has 0 radical (unpaired) electrons. The molecule has 2 aromatic carbocycles. The fourth-order valence-electron chi connectivity index (χ4n) is 3.77. The fraction of sp³-hybridized carbons (Fsp3) is 0.250. The normalized spacial score (nSPS) is 14.9.